The molecule has 88 valence electrons. The average Bonchev–Trinajstić information content (AvgIpc) is 2.45. The molecule has 1 rings (SSSR count). The summed E-state index contributed by atoms with van der Waals surface area (Å²) >= 11 is 1.30. The Balaban J connectivity index is 2.79. The fraction of sp³-hybridized carbons (Fsp3) is 0.0769. The molecule has 0 saturated carbocycles. The van der Waals surface area contributed by atoms with Crippen LogP contribution in [0, 0.1) is 0 Å². The van der Waals surface area contributed by atoms with E-state index in [1.54, 1.807) is 0 Å². The van der Waals surface area contributed by atoms with Gasteiger partial charge in [0.1, 0.15) is 0 Å². The van der Waals surface area contributed by atoms with Crippen LogP contribution in [0.25, 0.3) is 0 Å². The van der Waals surface area contributed by atoms with Gasteiger partial charge >= 0.3 is 11.9 Å². The van der Waals surface area contributed by atoms with Crippen LogP contribution in [0.3, 0.4) is 0 Å². The van der Waals surface area contributed by atoms with E-state index in [2.05, 4.69) is 24.5 Å². The quantitative estimate of drug-likeness (QED) is 0.332. The molecular formula is C13H12O3S. The van der Waals surface area contributed by atoms with E-state index < -0.39 is 11.9 Å². The van der Waals surface area contributed by atoms with Gasteiger partial charge in [-0.05, 0) is 13.0 Å². The van der Waals surface area contributed by atoms with Crippen LogP contribution in [0.5, 0.6) is 0 Å². The van der Waals surface area contributed by atoms with Crippen LogP contribution >= 0.6 is 11.8 Å². The number of esters is 2. The summed E-state index contributed by atoms with van der Waals surface area (Å²) in [6.45, 7) is 12.9. The summed E-state index contributed by atoms with van der Waals surface area (Å²) in [6, 6.07) is 0. The van der Waals surface area contributed by atoms with Crippen LogP contribution < -0.4 is 0 Å². The molecule has 1 aliphatic heterocycles. The number of ether oxygens (including phenoxy) is 1. The second-order valence-electron chi connectivity index (χ2n) is 3.25. The minimum absolute atomic E-state index is 0.0633. The van der Waals surface area contributed by atoms with Crippen molar-refractivity contribution in [2.45, 2.75) is 6.92 Å². The second kappa shape index (κ2) is 5.50. The zero-order valence-corrected chi connectivity index (χ0v) is 10.3. The lowest BCUT2D eigenvalue weighted by molar-refractivity contribution is -0.149. The van der Waals surface area contributed by atoms with E-state index in [0.717, 1.165) is 4.91 Å². The van der Waals surface area contributed by atoms with Crippen molar-refractivity contribution in [1.29, 1.82) is 0 Å². The lowest BCUT2D eigenvalue weighted by Gasteiger charge is -2.00. The fourth-order valence-corrected chi connectivity index (χ4v) is 1.88. The van der Waals surface area contributed by atoms with Crippen LogP contribution in [0.1, 0.15) is 6.92 Å². The summed E-state index contributed by atoms with van der Waals surface area (Å²) in [5.41, 5.74) is 0.217. The molecule has 0 N–H and O–H groups in total. The van der Waals surface area contributed by atoms with Gasteiger partial charge in [-0.1, -0.05) is 43.7 Å². The second-order valence-corrected chi connectivity index (χ2v) is 4.50. The Bertz CT molecular complexity index is 481. The van der Waals surface area contributed by atoms with E-state index in [1.807, 2.05) is 19.1 Å². The molecule has 0 aromatic heterocycles. The zero-order valence-electron chi connectivity index (χ0n) is 9.49. The maximum atomic E-state index is 11.3. The number of thioether (sulfide) groups is 1. The molecule has 1 saturated heterocycles. The van der Waals surface area contributed by atoms with Gasteiger partial charge in [-0.3, -0.25) is 0 Å². The molecule has 3 nitrogen and oxygen atoms in total. The maximum absolute atomic E-state index is 11.3. The number of hydrogen-bond acceptors (Lipinski definition) is 4. The number of carbonyl (C=O) groups excluding carboxylic acids is 2. The third-order valence-corrected chi connectivity index (χ3v) is 2.68. The van der Waals surface area contributed by atoms with Crippen molar-refractivity contribution >= 4 is 23.7 Å². The molecule has 0 aromatic carbocycles. The molecule has 4 heteroatoms. The zero-order chi connectivity index (χ0) is 13.0. The van der Waals surface area contributed by atoms with Crippen molar-refractivity contribution in [2.24, 2.45) is 0 Å². The van der Waals surface area contributed by atoms with E-state index >= 15 is 0 Å². The molecule has 0 spiro atoms. The monoisotopic (exact) mass is 248 g/mol. The average molecular weight is 248 g/mol. The van der Waals surface area contributed by atoms with Crippen molar-refractivity contribution in [1.82, 2.24) is 0 Å². The standard InChI is InChI=1S/C13H12O3S/c1-5-6-8(2)17-9(3)7-11-10(4)12(14)16-13(11)15/h5-7H,2-4H2,1H3/b6-5-,11-7+. The minimum atomic E-state index is -0.702. The summed E-state index contributed by atoms with van der Waals surface area (Å²) in [6.07, 6.45) is 5.15. The third kappa shape index (κ3) is 3.32. The highest BCUT2D eigenvalue weighted by molar-refractivity contribution is 8.07. The van der Waals surface area contributed by atoms with Crippen LogP contribution in [0.15, 0.2) is 58.9 Å². The predicted molar refractivity (Wildman–Crippen MR) is 69.0 cm³/mol. The molecule has 0 aliphatic carbocycles. The Hall–Kier alpha value is -1.81. The smallest absolute Gasteiger partial charge is 0.346 e. The lowest BCUT2D eigenvalue weighted by atomic mass is 10.1. The maximum Gasteiger partial charge on any atom is 0.346 e. The van der Waals surface area contributed by atoms with Crippen LogP contribution in [-0.4, -0.2) is 11.9 Å². The van der Waals surface area contributed by atoms with Gasteiger partial charge in [0.25, 0.3) is 0 Å². The number of rotatable bonds is 4. The lowest BCUT2D eigenvalue weighted by Crippen LogP contribution is -1.97. The highest BCUT2D eigenvalue weighted by atomic mass is 32.2. The largest absolute Gasteiger partial charge is 0.386 e. The summed E-state index contributed by atoms with van der Waals surface area (Å²) in [5.74, 6) is -1.38. The Morgan fingerprint density at radius 3 is 2.35 bits per heavy atom. The predicted octanol–water partition coefficient (Wildman–Crippen LogP) is 2.89. The third-order valence-electron chi connectivity index (χ3n) is 1.90. The van der Waals surface area contributed by atoms with E-state index in [1.165, 1.54) is 17.8 Å². The summed E-state index contributed by atoms with van der Waals surface area (Å²) < 4.78 is 4.41. The van der Waals surface area contributed by atoms with E-state index in [9.17, 15) is 9.59 Å². The summed E-state index contributed by atoms with van der Waals surface area (Å²) in [5, 5.41) is 0. The molecule has 0 radical (unpaired) electrons. The van der Waals surface area contributed by atoms with Gasteiger partial charge in [0.05, 0.1) is 11.1 Å². The first-order chi connectivity index (χ1) is 7.95. The van der Waals surface area contributed by atoms with Gasteiger partial charge in [-0.2, -0.15) is 0 Å². The number of cyclic esters (lactones) is 2. The molecule has 0 atom stereocenters. The van der Waals surface area contributed by atoms with Gasteiger partial charge in [-0.15, -0.1) is 0 Å². The number of allylic oxidation sites excluding steroid dienone is 3. The Morgan fingerprint density at radius 2 is 1.88 bits per heavy atom. The highest BCUT2D eigenvalue weighted by Crippen LogP contribution is 2.29. The van der Waals surface area contributed by atoms with Gasteiger partial charge < -0.3 is 4.74 Å². The molecule has 0 unspecified atom stereocenters. The van der Waals surface area contributed by atoms with Crippen molar-refractivity contribution in [2.75, 3.05) is 0 Å². The summed E-state index contributed by atoms with van der Waals surface area (Å²) in [4.78, 5) is 23.7. The molecule has 0 bridgehead atoms. The van der Waals surface area contributed by atoms with Crippen molar-refractivity contribution in [3.05, 3.63) is 58.9 Å². The number of hydrogen-bond donors (Lipinski definition) is 0. The van der Waals surface area contributed by atoms with Crippen molar-refractivity contribution in [3.8, 4) is 0 Å². The first-order valence-corrected chi connectivity index (χ1v) is 5.63. The van der Waals surface area contributed by atoms with Crippen LogP contribution in [0.4, 0.5) is 0 Å². The molecule has 0 aromatic rings. The molecule has 0 amide bonds. The normalized spacial score (nSPS) is 17.9. The van der Waals surface area contributed by atoms with Gasteiger partial charge in [-0.25, -0.2) is 9.59 Å². The fourth-order valence-electron chi connectivity index (χ4n) is 1.16. The van der Waals surface area contributed by atoms with Crippen LogP contribution in [-0.2, 0) is 14.3 Å². The van der Waals surface area contributed by atoms with Gasteiger partial charge in [0.15, 0.2) is 0 Å². The van der Waals surface area contributed by atoms with Gasteiger partial charge in [0.2, 0.25) is 0 Å². The SMILES string of the molecule is C=C(/C=C\C)SC(=C)/C=C1\C(=C)C(=O)OC1=O. The molecule has 1 aliphatic rings. The number of carbonyl (C=O) groups is 2. The topological polar surface area (TPSA) is 43.4 Å². The Kier molecular flexibility index (Phi) is 4.29. The van der Waals surface area contributed by atoms with E-state index in [4.69, 9.17) is 0 Å². The van der Waals surface area contributed by atoms with Crippen LogP contribution in [0.2, 0.25) is 0 Å². The minimum Gasteiger partial charge on any atom is -0.386 e. The molecule has 1 fully saturated rings. The Morgan fingerprint density at radius 1 is 1.24 bits per heavy atom. The molecule has 17 heavy (non-hydrogen) atoms. The first-order valence-electron chi connectivity index (χ1n) is 4.81. The first kappa shape index (κ1) is 13.3. The van der Waals surface area contributed by atoms with Gasteiger partial charge in [0, 0.05) is 9.81 Å². The highest BCUT2D eigenvalue weighted by Gasteiger charge is 2.31. The summed E-state index contributed by atoms with van der Waals surface area (Å²) in [7, 11) is 0. The van der Waals surface area contributed by atoms with E-state index in [0.29, 0.717) is 4.91 Å². The van der Waals surface area contributed by atoms with E-state index in [-0.39, 0.29) is 11.1 Å². The molecule has 1 heterocycles. The Labute approximate surface area is 104 Å². The van der Waals surface area contributed by atoms with Crippen molar-refractivity contribution in [3.63, 3.8) is 0 Å². The van der Waals surface area contributed by atoms with Crippen molar-refractivity contribution < 1.29 is 14.3 Å². The molecular weight excluding hydrogens is 236 g/mol.